The normalized spacial score (nSPS) is 20.6. The summed E-state index contributed by atoms with van der Waals surface area (Å²) in [6, 6.07) is 9.81. The van der Waals surface area contributed by atoms with Gasteiger partial charge in [-0.25, -0.2) is 0 Å². The third-order valence-corrected chi connectivity index (χ3v) is 7.43. The van der Waals surface area contributed by atoms with Gasteiger partial charge < -0.3 is 19.1 Å². The van der Waals surface area contributed by atoms with Crippen LogP contribution < -0.4 is 10.3 Å². The molecule has 6 heteroatoms. The number of carbonyl (C=O) groups excluding carboxylic acids is 1. The Morgan fingerprint density at radius 3 is 2.70 bits per heavy atom. The van der Waals surface area contributed by atoms with Crippen molar-refractivity contribution in [2.75, 3.05) is 33.3 Å². The van der Waals surface area contributed by atoms with E-state index < -0.39 is 0 Å². The van der Waals surface area contributed by atoms with Crippen LogP contribution in [0.1, 0.15) is 46.4 Å². The largest absolute Gasteiger partial charge is 0.496 e. The summed E-state index contributed by atoms with van der Waals surface area (Å²) in [6.07, 6.45) is 9.63. The van der Waals surface area contributed by atoms with Crippen molar-refractivity contribution in [3.05, 3.63) is 75.2 Å². The first kappa shape index (κ1) is 22.0. The van der Waals surface area contributed by atoms with Gasteiger partial charge in [-0.3, -0.25) is 9.59 Å². The number of carbonyl (C=O) groups is 1. The van der Waals surface area contributed by atoms with E-state index >= 15 is 0 Å². The Labute approximate surface area is 195 Å². The summed E-state index contributed by atoms with van der Waals surface area (Å²) >= 11 is 0. The smallest absolute Gasteiger partial charge is 0.259 e. The zero-order valence-corrected chi connectivity index (χ0v) is 19.5. The van der Waals surface area contributed by atoms with E-state index in [9.17, 15) is 9.59 Å². The fraction of sp³-hybridized carbons (Fsp3) is 0.481. The SMILES string of the molecule is COc1cc(=O)n2c(c1C(=O)N1CCc3ccccc3C1)CCN(C[C@@H]1CC=CCC1)CC2. The first-order valence-corrected chi connectivity index (χ1v) is 12.2. The van der Waals surface area contributed by atoms with Gasteiger partial charge in [0.2, 0.25) is 0 Å². The van der Waals surface area contributed by atoms with Crippen LogP contribution in [0.5, 0.6) is 5.75 Å². The number of pyridine rings is 1. The molecule has 1 atom stereocenters. The lowest BCUT2D eigenvalue weighted by molar-refractivity contribution is 0.0728. The van der Waals surface area contributed by atoms with E-state index in [2.05, 4.69) is 35.3 Å². The van der Waals surface area contributed by atoms with E-state index in [-0.39, 0.29) is 11.5 Å². The van der Waals surface area contributed by atoms with Gasteiger partial charge in [-0.15, -0.1) is 0 Å². The molecular formula is C27H33N3O3. The summed E-state index contributed by atoms with van der Waals surface area (Å²) < 4.78 is 7.39. The molecule has 1 aromatic heterocycles. The quantitative estimate of drug-likeness (QED) is 0.675. The molecule has 0 unspecified atom stereocenters. The van der Waals surface area contributed by atoms with Gasteiger partial charge in [0.15, 0.2) is 0 Å². The third-order valence-electron chi connectivity index (χ3n) is 7.43. The van der Waals surface area contributed by atoms with Gasteiger partial charge in [-0.05, 0) is 42.7 Å². The predicted octanol–water partition coefficient (Wildman–Crippen LogP) is 3.27. The van der Waals surface area contributed by atoms with Gasteiger partial charge >= 0.3 is 0 Å². The van der Waals surface area contributed by atoms with Crippen LogP contribution in [0.3, 0.4) is 0 Å². The van der Waals surface area contributed by atoms with E-state index in [1.807, 2.05) is 15.5 Å². The average Bonchev–Trinajstić information content (AvgIpc) is 3.07. The number of nitrogens with zero attached hydrogens (tertiary/aromatic N) is 3. The van der Waals surface area contributed by atoms with E-state index in [1.54, 1.807) is 7.11 Å². The molecule has 5 rings (SSSR count). The number of methoxy groups -OCH3 is 1. The van der Waals surface area contributed by atoms with Crippen molar-refractivity contribution < 1.29 is 9.53 Å². The van der Waals surface area contributed by atoms with Crippen molar-refractivity contribution in [3.8, 4) is 5.75 Å². The number of hydrogen-bond acceptors (Lipinski definition) is 4. The third kappa shape index (κ3) is 4.49. The van der Waals surface area contributed by atoms with Crippen LogP contribution >= 0.6 is 0 Å². The van der Waals surface area contributed by atoms with Crippen LogP contribution in [0, 0.1) is 5.92 Å². The maximum absolute atomic E-state index is 13.8. The topological polar surface area (TPSA) is 54.8 Å². The molecule has 3 heterocycles. The highest BCUT2D eigenvalue weighted by Crippen LogP contribution is 2.28. The second kappa shape index (κ2) is 9.56. The van der Waals surface area contributed by atoms with Crippen LogP contribution in [0.25, 0.3) is 0 Å². The minimum absolute atomic E-state index is 0.0315. The predicted molar refractivity (Wildman–Crippen MR) is 129 cm³/mol. The molecule has 6 nitrogen and oxygen atoms in total. The molecule has 2 aliphatic heterocycles. The molecular weight excluding hydrogens is 414 g/mol. The summed E-state index contributed by atoms with van der Waals surface area (Å²) in [5, 5.41) is 0. The number of rotatable bonds is 4. The molecule has 0 fully saturated rings. The van der Waals surface area contributed by atoms with E-state index in [0.717, 1.165) is 44.6 Å². The summed E-state index contributed by atoms with van der Waals surface area (Å²) in [5.41, 5.74) is 3.82. The highest BCUT2D eigenvalue weighted by atomic mass is 16.5. The first-order chi connectivity index (χ1) is 16.1. The van der Waals surface area contributed by atoms with E-state index in [0.29, 0.717) is 43.3 Å². The summed E-state index contributed by atoms with van der Waals surface area (Å²) in [5.74, 6) is 1.05. The molecule has 0 bridgehead atoms. The molecule has 2 aromatic rings. The average molecular weight is 448 g/mol. The monoisotopic (exact) mass is 447 g/mol. The number of ether oxygens (including phenoxy) is 1. The van der Waals surface area contributed by atoms with Crippen LogP contribution in [0.15, 0.2) is 47.3 Å². The number of allylic oxidation sites excluding steroid dienone is 2. The molecule has 1 aromatic carbocycles. The van der Waals surface area contributed by atoms with E-state index in [1.165, 1.54) is 23.6 Å². The fourth-order valence-electron chi connectivity index (χ4n) is 5.58. The molecule has 33 heavy (non-hydrogen) atoms. The Balaban J connectivity index is 1.42. The lowest BCUT2D eigenvalue weighted by Gasteiger charge is -2.30. The summed E-state index contributed by atoms with van der Waals surface area (Å²) in [7, 11) is 1.55. The maximum Gasteiger partial charge on any atom is 0.259 e. The van der Waals surface area contributed by atoms with Crippen molar-refractivity contribution in [2.24, 2.45) is 5.92 Å². The molecule has 0 N–H and O–H groups in total. The Kier molecular flexibility index (Phi) is 6.36. The Morgan fingerprint density at radius 1 is 1.06 bits per heavy atom. The second-order valence-corrected chi connectivity index (χ2v) is 9.47. The first-order valence-electron chi connectivity index (χ1n) is 12.2. The lowest BCUT2D eigenvalue weighted by atomic mass is 9.94. The van der Waals surface area contributed by atoms with Gasteiger partial charge in [0.25, 0.3) is 11.5 Å². The number of amides is 1. The van der Waals surface area contributed by atoms with Crippen molar-refractivity contribution in [1.82, 2.24) is 14.4 Å². The molecule has 0 radical (unpaired) electrons. The molecule has 3 aliphatic rings. The van der Waals surface area contributed by atoms with E-state index in [4.69, 9.17) is 4.74 Å². The number of aromatic nitrogens is 1. The van der Waals surface area contributed by atoms with Crippen molar-refractivity contribution in [2.45, 2.75) is 45.2 Å². The minimum Gasteiger partial charge on any atom is -0.496 e. The van der Waals surface area contributed by atoms with Crippen LogP contribution in [-0.2, 0) is 25.9 Å². The number of hydrogen-bond donors (Lipinski definition) is 0. The Morgan fingerprint density at radius 2 is 1.91 bits per heavy atom. The highest BCUT2D eigenvalue weighted by molar-refractivity contribution is 5.98. The molecule has 1 amide bonds. The number of benzene rings is 1. The van der Waals surface area contributed by atoms with Crippen molar-refractivity contribution in [1.29, 1.82) is 0 Å². The highest BCUT2D eigenvalue weighted by Gasteiger charge is 2.30. The zero-order valence-electron chi connectivity index (χ0n) is 19.5. The van der Waals surface area contributed by atoms with Gasteiger partial charge in [-0.1, -0.05) is 36.4 Å². The number of fused-ring (bicyclic) bond motifs is 2. The van der Waals surface area contributed by atoms with Crippen molar-refractivity contribution >= 4 is 5.91 Å². The van der Waals surface area contributed by atoms with Gasteiger partial charge in [-0.2, -0.15) is 0 Å². The zero-order chi connectivity index (χ0) is 22.8. The van der Waals surface area contributed by atoms with Crippen molar-refractivity contribution in [3.63, 3.8) is 0 Å². The molecule has 0 saturated heterocycles. The standard InChI is InChI=1S/C27H33N3O3/c1-33-24-17-25(31)30-16-15-28(18-20-7-3-2-4-8-20)13-12-23(30)26(24)27(32)29-14-11-21-9-5-6-10-22(21)19-29/h2-3,5-6,9-10,17,20H,4,7-8,11-16,18-19H2,1H3/t20-/m1/s1. The Hall–Kier alpha value is -2.86. The fourth-order valence-corrected chi connectivity index (χ4v) is 5.58. The molecule has 174 valence electrons. The molecule has 0 spiro atoms. The van der Waals surface area contributed by atoms with Gasteiger partial charge in [0.05, 0.1) is 7.11 Å². The van der Waals surface area contributed by atoms with Gasteiger partial charge in [0, 0.05) is 57.4 Å². The lowest BCUT2D eigenvalue weighted by Crippen LogP contribution is -2.38. The summed E-state index contributed by atoms with van der Waals surface area (Å²) in [4.78, 5) is 31.1. The molecule has 1 aliphatic carbocycles. The summed E-state index contributed by atoms with van der Waals surface area (Å²) in [6.45, 7) is 4.64. The Bertz CT molecular complexity index is 1120. The van der Waals surface area contributed by atoms with Crippen LogP contribution in [-0.4, -0.2) is 53.6 Å². The van der Waals surface area contributed by atoms with Crippen LogP contribution in [0.2, 0.25) is 0 Å². The van der Waals surface area contributed by atoms with Crippen LogP contribution in [0.4, 0.5) is 0 Å². The molecule has 0 saturated carbocycles. The minimum atomic E-state index is -0.0789. The maximum atomic E-state index is 13.8. The second-order valence-electron chi connectivity index (χ2n) is 9.47. The van der Waals surface area contributed by atoms with Gasteiger partial charge in [0.1, 0.15) is 11.3 Å².